The molecule has 0 atom stereocenters. The molecule has 0 radical (unpaired) electrons. The van der Waals surface area contributed by atoms with Crippen LogP contribution >= 0.6 is 0 Å². The summed E-state index contributed by atoms with van der Waals surface area (Å²) < 4.78 is 10.8. The third-order valence-electron chi connectivity index (χ3n) is 4.48. The van der Waals surface area contributed by atoms with Crippen molar-refractivity contribution in [2.75, 3.05) is 0 Å². The fraction of sp³-hybridized carbons (Fsp3) is 0. The molecule has 0 N–H and O–H groups in total. The van der Waals surface area contributed by atoms with Crippen molar-refractivity contribution in [3.63, 3.8) is 0 Å². The topological polar surface area (TPSA) is 64.7 Å². The summed E-state index contributed by atoms with van der Waals surface area (Å²) in [4.78, 5) is 16.6. The van der Waals surface area contributed by atoms with Gasteiger partial charge in [-0.25, -0.2) is 9.79 Å². The quantitative estimate of drug-likeness (QED) is 0.384. The van der Waals surface area contributed by atoms with E-state index in [1.807, 2.05) is 78.9 Å². The summed E-state index contributed by atoms with van der Waals surface area (Å²) in [5.41, 5.74) is 3.54. The summed E-state index contributed by atoms with van der Waals surface area (Å²) >= 11 is 0. The molecule has 2 heterocycles. The average molecular weight is 366 g/mol. The third-order valence-corrected chi connectivity index (χ3v) is 4.48. The van der Waals surface area contributed by atoms with Crippen LogP contribution in [-0.4, -0.2) is 17.0 Å². The van der Waals surface area contributed by atoms with E-state index in [9.17, 15) is 4.79 Å². The maximum absolute atomic E-state index is 12.2. The van der Waals surface area contributed by atoms with Crippen molar-refractivity contribution in [1.29, 1.82) is 0 Å². The van der Waals surface area contributed by atoms with E-state index < -0.39 is 5.97 Å². The molecule has 3 aromatic carbocycles. The zero-order valence-electron chi connectivity index (χ0n) is 14.7. The largest absolute Gasteiger partial charge is 0.402 e. The maximum Gasteiger partial charge on any atom is 0.363 e. The van der Waals surface area contributed by atoms with Gasteiger partial charge in [0.2, 0.25) is 5.90 Å². The first-order valence-corrected chi connectivity index (χ1v) is 8.81. The van der Waals surface area contributed by atoms with Crippen LogP contribution in [0.15, 0.2) is 94.1 Å². The van der Waals surface area contributed by atoms with Gasteiger partial charge in [0.05, 0.1) is 5.39 Å². The molecule has 0 saturated heterocycles. The number of rotatable bonds is 3. The molecular weight excluding hydrogens is 352 g/mol. The molecule has 0 fully saturated rings. The highest BCUT2D eigenvalue weighted by molar-refractivity contribution is 6.13. The monoisotopic (exact) mass is 366 g/mol. The number of aromatic nitrogens is 1. The Hall–Kier alpha value is -3.99. The lowest BCUT2D eigenvalue weighted by Gasteiger charge is -1.98. The number of benzene rings is 3. The Morgan fingerprint density at radius 3 is 2.29 bits per heavy atom. The second kappa shape index (κ2) is 6.63. The van der Waals surface area contributed by atoms with Gasteiger partial charge in [-0.2, -0.15) is 0 Å². The van der Waals surface area contributed by atoms with Crippen LogP contribution in [0, 0.1) is 0 Å². The molecule has 5 heteroatoms. The van der Waals surface area contributed by atoms with Crippen LogP contribution in [0.3, 0.4) is 0 Å². The highest BCUT2D eigenvalue weighted by Gasteiger charge is 2.24. The van der Waals surface area contributed by atoms with Gasteiger partial charge in [0.1, 0.15) is 5.52 Å². The van der Waals surface area contributed by atoms with Crippen LogP contribution in [0.2, 0.25) is 0 Å². The molecule has 0 spiro atoms. The molecule has 5 nitrogen and oxygen atoms in total. The number of hydrogen-bond donors (Lipinski definition) is 0. The van der Waals surface area contributed by atoms with Gasteiger partial charge in [-0.05, 0) is 35.9 Å². The second-order valence-electron chi connectivity index (χ2n) is 6.36. The van der Waals surface area contributed by atoms with E-state index in [0.29, 0.717) is 11.7 Å². The summed E-state index contributed by atoms with van der Waals surface area (Å²) in [6.07, 6.45) is 1.71. The predicted molar refractivity (Wildman–Crippen MR) is 106 cm³/mol. The molecule has 4 aromatic rings. The number of carbonyl (C=O) groups excluding carboxylic acids is 1. The number of hydrogen-bond acceptors (Lipinski definition) is 5. The molecule has 28 heavy (non-hydrogen) atoms. The highest BCUT2D eigenvalue weighted by atomic mass is 16.6. The standard InChI is InChI=1S/C23H14N2O3/c26-23-20(24-22(27-23)17-9-5-2-6-10-17)14-15-11-12-19-18(13-15)21(28-25-19)16-7-3-1-4-8-16/h1-14H/b20-14+. The van der Waals surface area contributed by atoms with Crippen LogP contribution < -0.4 is 0 Å². The Morgan fingerprint density at radius 2 is 1.54 bits per heavy atom. The van der Waals surface area contributed by atoms with E-state index >= 15 is 0 Å². The first-order valence-electron chi connectivity index (χ1n) is 8.81. The fourth-order valence-corrected chi connectivity index (χ4v) is 3.12. The summed E-state index contributed by atoms with van der Waals surface area (Å²) in [6, 6.07) is 24.8. The molecule has 0 amide bonds. The Kier molecular flexibility index (Phi) is 3.84. The minimum atomic E-state index is -0.465. The summed E-state index contributed by atoms with van der Waals surface area (Å²) in [7, 11) is 0. The molecule has 1 aromatic heterocycles. The van der Waals surface area contributed by atoms with Crippen LogP contribution in [0.25, 0.3) is 28.3 Å². The second-order valence-corrected chi connectivity index (χ2v) is 6.36. The van der Waals surface area contributed by atoms with Gasteiger partial charge in [-0.15, -0.1) is 0 Å². The molecule has 0 aliphatic carbocycles. The lowest BCUT2D eigenvalue weighted by atomic mass is 10.1. The van der Waals surface area contributed by atoms with Crippen molar-refractivity contribution in [3.05, 3.63) is 95.7 Å². The number of ether oxygens (including phenoxy) is 1. The zero-order valence-corrected chi connectivity index (χ0v) is 14.7. The number of cyclic esters (lactones) is 1. The summed E-state index contributed by atoms with van der Waals surface area (Å²) in [5, 5.41) is 4.99. The highest BCUT2D eigenvalue weighted by Crippen LogP contribution is 2.30. The number of esters is 1. The first kappa shape index (κ1) is 16.2. The molecule has 5 rings (SSSR count). The Bertz CT molecular complexity index is 1240. The van der Waals surface area contributed by atoms with E-state index in [-0.39, 0.29) is 5.70 Å². The van der Waals surface area contributed by atoms with Crippen LogP contribution in [0.4, 0.5) is 0 Å². The van der Waals surface area contributed by atoms with Gasteiger partial charge in [-0.1, -0.05) is 59.8 Å². The Balaban J connectivity index is 1.55. The number of carbonyl (C=O) groups is 1. The minimum absolute atomic E-state index is 0.260. The molecule has 0 bridgehead atoms. The van der Waals surface area contributed by atoms with Gasteiger partial charge < -0.3 is 9.26 Å². The van der Waals surface area contributed by atoms with E-state index in [1.165, 1.54) is 0 Å². The molecule has 0 unspecified atom stereocenters. The van der Waals surface area contributed by atoms with E-state index in [1.54, 1.807) is 6.08 Å². The SMILES string of the molecule is O=C1OC(c2ccccc2)=N/C1=C/c1ccc2noc(-c3ccccc3)c2c1. The van der Waals surface area contributed by atoms with E-state index in [0.717, 1.165) is 27.6 Å². The van der Waals surface area contributed by atoms with E-state index in [2.05, 4.69) is 10.1 Å². The van der Waals surface area contributed by atoms with Crippen molar-refractivity contribution in [2.24, 2.45) is 4.99 Å². The smallest absolute Gasteiger partial charge is 0.363 e. The lowest BCUT2D eigenvalue weighted by molar-refractivity contribution is -0.129. The maximum atomic E-state index is 12.2. The first-order chi connectivity index (χ1) is 13.8. The van der Waals surface area contributed by atoms with Crippen molar-refractivity contribution in [1.82, 2.24) is 5.16 Å². The molecule has 1 aliphatic heterocycles. The van der Waals surface area contributed by atoms with Gasteiger partial charge in [-0.3, -0.25) is 0 Å². The molecule has 0 saturated carbocycles. The Morgan fingerprint density at radius 1 is 0.821 bits per heavy atom. The zero-order chi connectivity index (χ0) is 18.9. The van der Waals surface area contributed by atoms with Crippen molar-refractivity contribution >= 4 is 28.8 Å². The number of nitrogens with zero attached hydrogens (tertiary/aromatic N) is 2. The van der Waals surface area contributed by atoms with Gasteiger partial charge >= 0.3 is 5.97 Å². The molecule has 134 valence electrons. The van der Waals surface area contributed by atoms with E-state index in [4.69, 9.17) is 9.26 Å². The third kappa shape index (κ3) is 2.89. The van der Waals surface area contributed by atoms with Gasteiger partial charge in [0, 0.05) is 11.1 Å². The van der Waals surface area contributed by atoms with Gasteiger partial charge in [0.15, 0.2) is 11.5 Å². The van der Waals surface area contributed by atoms with Crippen molar-refractivity contribution < 1.29 is 14.1 Å². The number of fused-ring (bicyclic) bond motifs is 1. The van der Waals surface area contributed by atoms with Crippen LogP contribution in [0.1, 0.15) is 11.1 Å². The molecular formula is C23H14N2O3. The number of aliphatic imine (C=N–C) groups is 1. The lowest BCUT2D eigenvalue weighted by Crippen LogP contribution is -2.04. The van der Waals surface area contributed by atoms with Crippen molar-refractivity contribution in [3.8, 4) is 11.3 Å². The minimum Gasteiger partial charge on any atom is -0.402 e. The van der Waals surface area contributed by atoms with Crippen molar-refractivity contribution in [2.45, 2.75) is 0 Å². The molecule has 1 aliphatic rings. The predicted octanol–water partition coefficient (Wildman–Crippen LogP) is 4.84. The van der Waals surface area contributed by atoms with Gasteiger partial charge in [0.25, 0.3) is 0 Å². The fourth-order valence-electron chi connectivity index (χ4n) is 3.12. The summed E-state index contributed by atoms with van der Waals surface area (Å²) in [5.74, 6) is 0.541. The van der Waals surface area contributed by atoms with Crippen LogP contribution in [-0.2, 0) is 9.53 Å². The summed E-state index contributed by atoms with van der Waals surface area (Å²) in [6.45, 7) is 0. The van der Waals surface area contributed by atoms with Crippen LogP contribution in [0.5, 0.6) is 0 Å². The normalized spacial score (nSPS) is 15.1. The Labute approximate surface area is 160 Å². The average Bonchev–Trinajstić information content (AvgIpc) is 3.33.